The summed E-state index contributed by atoms with van der Waals surface area (Å²) in [5.41, 5.74) is 9.22. The smallest absolute Gasteiger partial charge is 0.0352 e. The summed E-state index contributed by atoms with van der Waals surface area (Å²) in [4.78, 5) is 3.83. The zero-order chi connectivity index (χ0) is 42.8. The molecule has 7 unspecified atom stereocenters. The van der Waals surface area contributed by atoms with Crippen LogP contribution in [0.15, 0.2) is 96.6 Å². The Balaban J connectivity index is 0.000000481. The van der Waals surface area contributed by atoms with Crippen LogP contribution in [0.1, 0.15) is 182 Å². The number of aryl methyl sites for hydroxylation is 2. The Morgan fingerprint density at radius 3 is 2.04 bits per heavy atom. The van der Waals surface area contributed by atoms with Crippen LogP contribution >= 0.6 is 11.8 Å². The van der Waals surface area contributed by atoms with E-state index in [1.54, 1.807) is 12.8 Å². The first kappa shape index (κ1) is 51.6. The largest absolute Gasteiger partial charge is 0.374 e. The summed E-state index contributed by atoms with van der Waals surface area (Å²) < 4.78 is 0. The molecule has 56 heavy (non-hydrogen) atoms. The van der Waals surface area contributed by atoms with Gasteiger partial charge in [0, 0.05) is 35.4 Å². The number of likely N-dealkylation sites (N-methyl/N-ethyl adjacent to an activating group) is 1. The van der Waals surface area contributed by atoms with E-state index in [9.17, 15) is 0 Å². The summed E-state index contributed by atoms with van der Waals surface area (Å²) in [7, 11) is 2.27. The monoisotopic (exact) mass is 784 g/mol. The number of allylic oxidation sites excluding steroid dienone is 5. The minimum absolute atomic E-state index is 0.0639. The summed E-state index contributed by atoms with van der Waals surface area (Å²) in [5.74, 6) is 4.31. The number of rotatable bonds is 11. The lowest BCUT2D eigenvalue weighted by atomic mass is 9.51. The second-order valence-electron chi connectivity index (χ2n) is 17.1. The lowest BCUT2D eigenvalue weighted by Crippen LogP contribution is -2.48. The summed E-state index contributed by atoms with van der Waals surface area (Å²) in [6, 6.07) is 18.4. The van der Waals surface area contributed by atoms with Crippen LogP contribution in [0.25, 0.3) is 0 Å². The van der Waals surface area contributed by atoms with Gasteiger partial charge in [-0.15, -0.1) is 11.8 Å². The van der Waals surface area contributed by atoms with Crippen LogP contribution in [-0.2, 0) is 6.42 Å². The molecule has 316 valence electrons. The van der Waals surface area contributed by atoms with Crippen LogP contribution in [0.5, 0.6) is 0 Å². The van der Waals surface area contributed by atoms with Gasteiger partial charge in [-0.1, -0.05) is 162 Å². The van der Waals surface area contributed by atoms with E-state index in [1.165, 1.54) is 71.4 Å². The highest BCUT2D eigenvalue weighted by molar-refractivity contribution is 8.03. The molecule has 1 nitrogen and oxygen atoms in total. The maximum absolute atomic E-state index is 4.62. The normalized spacial score (nSPS) is 25.5. The second kappa shape index (κ2) is 25.1. The molecule has 0 aliphatic heterocycles. The Morgan fingerprint density at radius 2 is 1.50 bits per heavy atom. The van der Waals surface area contributed by atoms with Gasteiger partial charge in [0.2, 0.25) is 0 Å². The molecular formula is C54H89NS. The average molecular weight is 784 g/mol. The fourth-order valence-corrected chi connectivity index (χ4v) is 11.8. The van der Waals surface area contributed by atoms with Gasteiger partial charge in [-0.05, 0) is 142 Å². The SMILES string of the molecule is C=C(C)/C=C/C.C=C(C)SC1CC2CC3CC1CC32CC.C=C(N(C)C1CCc2ccccc2[C@@H]1C)C(C)(C)CC(CC)c1ccccc1C.CC.CC.CC. The van der Waals surface area contributed by atoms with E-state index in [-0.39, 0.29) is 5.41 Å². The molecule has 0 spiro atoms. The Morgan fingerprint density at radius 1 is 0.911 bits per heavy atom. The number of hydrogen-bond donors (Lipinski definition) is 0. The van der Waals surface area contributed by atoms with E-state index < -0.39 is 0 Å². The van der Waals surface area contributed by atoms with Gasteiger partial charge in [-0.25, -0.2) is 0 Å². The second-order valence-corrected chi connectivity index (χ2v) is 18.6. The van der Waals surface area contributed by atoms with E-state index in [4.69, 9.17) is 0 Å². The van der Waals surface area contributed by atoms with Crippen molar-refractivity contribution in [2.24, 2.45) is 28.6 Å². The van der Waals surface area contributed by atoms with Crippen molar-refractivity contribution < 1.29 is 0 Å². The zero-order valence-corrected chi connectivity index (χ0v) is 40.5. The quantitative estimate of drug-likeness (QED) is 0.209. The maximum atomic E-state index is 4.62. The average Bonchev–Trinajstić information content (AvgIpc) is 3.29. The zero-order valence-electron chi connectivity index (χ0n) is 39.7. The Bertz CT molecular complexity index is 1500. The fourth-order valence-electron chi connectivity index (χ4n) is 10.5. The molecule has 4 aliphatic carbocycles. The first-order chi connectivity index (χ1) is 26.7. The lowest BCUT2D eigenvalue weighted by Gasteiger charge is -2.55. The summed E-state index contributed by atoms with van der Waals surface area (Å²) in [6.07, 6.45) is 16.2. The molecule has 2 heteroatoms. The minimum Gasteiger partial charge on any atom is -0.374 e. The van der Waals surface area contributed by atoms with Crippen molar-refractivity contribution in [2.45, 2.75) is 185 Å². The highest BCUT2D eigenvalue weighted by Crippen LogP contribution is 2.71. The topological polar surface area (TPSA) is 3.24 Å². The van der Waals surface area contributed by atoms with E-state index in [2.05, 4.69) is 140 Å². The number of thioether (sulfide) groups is 1. The van der Waals surface area contributed by atoms with E-state index in [0.29, 0.717) is 17.9 Å². The molecule has 6 rings (SSSR count). The van der Waals surface area contributed by atoms with Gasteiger partial charge in [-0.2, -0.15) is 0 Å². The Kier molecular flexibility index (Phi) is 23.1. The van der Waals surface area contributed by atoms with Crippen molar-refractivity contribution in [1.82, 2.24) is 4.90 Å². The Labute approximate surface area is 354 Å². The summed E-state index contributed by atoms with van der Waals surface area (Å²) >= 11 is 2.08. The van der Waals surface area contributed by atoms with Crippen LogP contribution < -0.4 is 0 Å². The third-order valence-corrected chi connectivity index (χ3v) is 14.6. The molecular weight excluding hydrogens is 695 g/mol. The molecule has 0 N–H and O–H groups in total. The first-order valence-corrected chi connectivity index (χ1v) is 23.7. The van der Waals surface area contributed by atoms with Crippen molar-refractivity contribution in [2.75, 3.05) is 7.05 Å². The minimum atomic E-state index is 0.0639. The van der Waals surface area contributed by atoms with Crippen molar-refractivity contribution in [3.05, 3.63) is 119 Å². The molecule has 0 saturated heterocycles. The van der Waals surface area contributed by atoms with Gasteiger partial charge < -0.3 is 4.90 Å². The molecule has 2 bridgehead atoms. The third kappa shape index (κ3) is 13.0. The van der Waals surface area contributed by atoms with Crippen LogP contribution in [0, 0.1) is 35.5 Å². The third-order valence-electron chi connectivity index (χ3n) is 13.3. The lowest BCUT2D eigenvalue weighted by molar-refractivity contribution is -0.0446. The summed E-state index contributed by atoms with van der Waals surface area (Å²) in [5, 5.41) is 0.916. The maximum Gasteiger partial charge on any atom is 0.0352 e. The number of benzene rings is 2. The number of nitrogens with zero attached hydrogens (tertiary/aromatic N) is 1. The van der Waals surface area contributed by atoms with Crippen molar-refractivity contribution in [3.63, 3.8) is 0 Å². The number of fused-ring (bicyclic) bond motifs is 2. The highest BCUT2D eigenvalue weighted by Gasteiger charge is 2.63. The molecule has 3 fully saturated rings. The predicted molar refractivity (Wildman–Crippen MR) is 258 cm³/mol. The van der Waals surface area contributed by atoms with Crippen molar-refractivity contribution in [1.29, 1.82) is 0 Å². The van der Waals surface area contributed by atoms with Crippen LogP contribution in [-0.4, -0.2) is 23.2 Å². The Hall–Kier alpha value is -2.45. The molecule has 3 saturated carbocycles. The van der Waals surface area contributed by atoms with Crippen LogP contribution in [0.4, 0.5) is 0 Å². The molecule has 2 aromatic rings. The van der Waals surface area contributed by atoms with Gasteiger partial charge in [0.15, 0.2) is 0 Å². The van der Waals surface area contributed by atoms with Crippen molar-refractivity contribution in [3.8, 4) is 0 Å². The molecule has 0 heterocycles. The molecule has 8 atom stereocenters. The van der Waals surface area contributed by atoms with Gasteiger partial charge in [-0.3, -0.25) is 0 Å². The molecule has 2 aromatic carbocycles. The van der Waals surface area contributed by atoms with Gasteiger partial charge in [0.25, 0.3) is 0 Å². The fraction of sp³-hybridized carbons (Fsp3) is 0.630. The molecule has 4 aliphatic rings. The number of hydrogen-bond acceptors (Lipinski definition) is 2. The molecule has 0 amide bonds. The van der Waals surface area contributed by atoms with E-state index in [0.717, 1.165) is 40.4 Å². The summed E-state index contributed by atoms with van der Waals surface area (Å²) in [6.45, 7) is 44.6. The van der Waals surface area contributed by atoms with Crippen LogP contribution in [0.2, 0.25) is 0 Å². The highest BCUT2D eigenvalue weighted by atomic mass is 32.2. The first-order valence-electron chi connectivity index (χ1n) is 22.8. The van der Waals surface area contributed by atoms with Crippen LogP contribution in [0.3, 0.4) is 0 Å². The molecule has 0 radical (unpaired) electrons. The standard InChI is InChI=1S/C28H39N.C14H22S.C6H10.3C2H6/c1-8-23(25-15-11-9-13-20(25)2)19-28(5,6)22(4)29(7)27-18-17-24-14-10-12-16-26(24)21(27)3;1-4-14-8-10-5-11(14)6-12(14)7-13(10)15-9(2)3;1-4-5-6(2)3;3*1-2/h9-16,21,23,27H,4,8,17-19H2,1-3,5-7H3;10-13H,2,4-8H2,1,3H3;4-5H,2H2,1,3H3;3*1-2H3/b;;5-4+;;;/t21-,23?,27?;;;;;/m0...../s1. The van der Waals surface area contributed by atoms with E-state index in [1.807, 2.05) is 67.5 Å². The van der Waals surface area contributed by atoms with Gasteiger partial charge in [0.05, 0.1) is 0 Å². The molecule has 0 aromatic heterocycles. The van der Waals surface area contributed by atoms with E-state index >= 15 is 0 Å². The van der Waals surface area contributed by atoms with Gasteiger partial charge >= 0.3 is 0 Å². The van der Waals surface area contributed by atoms with Crippen molar-refractivity contribution >= 4 is 11.8 Å². The van der Waals surface area contributed by atoms with Gasteiger partial charge in [0.1, 0.15) is 0 Å². The predicted octanol–water partition coefficient (Wildman–Crippen LogP) is 17.2.